The van der Waals surface area contributed by atoms with Crippen LogP contribution in [-0.2, 0) is 12.8 Å². The van der Waals surface area contributed by atoms with Crippen molar-refractivity contribution < 1.29 is 0 Å². The van der Waals surface area contributed by atoms with E-state index in [2.05, 4.69) is 301 Å². The van der Waals surface area contributed by atoms with Gasteiger partial charge in [0, 0.05) is 49.4 Å². The summed E-state index contributed by atoms with van der Waals surface area (Å²) < 4.78 is 7.47. The van der Waals surface area contributed by atoms with Crippen LogP contribution >= 0.6 is 0 Å². The van der Waals surface area contributed by atoms with Gasteiger partial charge in [-0.1, -0.05) is 215 Å². The molecule has 0 bridgehead atoms. The predicted molar refractivity (Wildman–Crippen MR) is 363 cm³/mol. The Labute approximate surface area is 495 Å². The highest BCUT2D eigenvalue weighted by atomic mass is 15.0. The molecule has 0 amide bonds. The Bertz CT molecular complexity index is 4980. The SMILES string of the molecule is CCCCc1ccccc1-n1c2ccccc2c2cc(-c3ccc4c(c3)c3cc(-c5ccc6c(c5)c5ccccc5n6-c5ccccc5CCCC)ccc3n4-c3ccc(-c4c5ccccc5c(-c5ccccc5)c5ccccc45)cc3)ccc21. The van der Waals surface area contributed by atoms with Crippen LogP contribution in [0.15, 0.2) is 273 Å². The second-order valence-corrected chi connectivity index (χ2v) is 23.2. The summed E-state index contributed by atoms with van der Waals surface area (Å²) in [6.45, 7) is 4.56. The zero-order valence-corrected chi connectivity index (χ0v) is 48.1. The van der Waals surface area contributed by atoms with E-state index in [0.717, 1.165) is 31.4 Å². The zero-order chi connectivity index (χ0) is 56.5. The third kappa shape index (κ3) is 8.32. The molecule has 0 fully saturated rings. The fourth-order valence-electron chi connectivity index (χ4n) is 14.2. The summed E-state index contributed by atoms with van der Waals surface area (Å²) in [5, 5.41) is 12.5. The largest absolute Gasteiger partial charge is 0.309 e. The van der Waals surface area contributed by atoms with E-state index >= 15 is 0 Å². The molecule has 16 aromatic rings. The van der Waals surface area contributed by atoms with Crippen LogP contribution in [0.4, 0.5) is 0 Å². The minimum atomic E-state index is 1.06. The van der Waals surface area contributed by atoms with E-state index in [4.69, 9.17) is 0 Å². The molecular weight excluding hydrogens is 1030 g/mol. The van der Waals surface area contributed by atoms with E-state index in [1.165, 1.54) is 167 Å². The molecule has 16 rings (SSSR count). The minimum Gasteiger partial charge on any atom is -0.309 e. The number of hydrogen-bond donors (Lipinski definition) is 0. The van der Waals surface area contributed by atoms with Gasteiger partial charge in [-0.05, 0) is 188 Å². The van der Waals surface area contributed by atoms with Gasteiger partial charge < -0.3 is 13.7 Å². The molecule has 0 aliphatic rings. The fraction of sp³-hybridized carbons (Fsp3) is 0.0976. The van der Waals surface area contributed by atoms with Gasteiger partial charge in [0.25, 0.3) is 0 Å². The van der Waals surface area contributed by atoms with Gasteiger partial charge in [0.1, 0.15) is 0 Å². The number of nitrogens with zero attached hydrogens (tertiary/aromatic N) is 3. The minimum absolute atomic E-state index is 1.06. The first kappa shape index (κ1) is 50.5. The number of rotatable bonds is 13. The first-order valence-corrected chi connectivity index (χ1v) is 30.5. The summed E-state index contributed by atoms with van der Waals surface area (Å²) in [5.74, 6) is 0. The molecule has 3 nitrogen and oxygen atoms in total. The number of para-hydroxylation sites is 4. The maximum Gasteiger partial charge on any atom is 0.0541 e. The molecule has 0 unspecified atom stereocenters. The van der Waals surface area contributed by atoms with Crippen LogP contribution in [0.25, 0.3) is 149 Å². The second-order valence-electron chi connectivity index (χ2n) is 23.2. The summed E-state index contributed by atoms with van der Waals surface area (Å²) in [7, 11) is 0. The van der Waals surface area contributed by atoms with Gasteiger partial charge in [-0.3, -0.25) is 0 Å². The van der Waals surface area contributed by atoms with Gasteiger partial charge in [-0.2, -0.15) is 0 Å². The second kappa shape index (κ2) is 20.9. The molecule has 3 heteroatoms. The molecule has 3 heterocycles. The molecule has 0 aliphatic heterocycles. The van der Waals surface area contributed by atoms with Crippen molar-refractivity contribution in [2.75, 3.05) is 0 Å². The van der Waals surface area contributed by atoms with E-state index in [0.29, 0.717) is 0 Å². The Morgan fingerprint density at radius 1 is 0.235 bits per heavy atom. The third-order valence-electron chi connectivity index (χ3n) is 18.2. The van der Waals surface area contributed by atoms with Crippen LogP contribution in [0.3, 0.4) is 0 Å². The lowest BCUT2D eigenvalue weighted by Gasteiger charge is -2.18. The molecule has 0 radical (unpaired) electrons. The standard InChI is InChI=1S/C82H63N3/c1-3-5-22-54-24-10-18-34-73(54)84-75-36-20-16-28-63(75)69-50-58(42-48-79(69)84)60-40-46-77-71(52-60)72-53-61(59-43-49-80-70(51-59)64-29-17-21-37-76(64)85(80)74-35-19-11-25-55(74)23-6-4-2)41-47-78(72)83(77)62-44-38-57(39-45-62)82-67-32-14-12-30-65(67)81(56-26-8-7-9-27-56)66-31-13-15-33-68(66)82/h7-21,24-53H,3-6,22-23H2,1-2H3. The third-order valence-corrected chi connectivity index (χ3v) is 18.2. The summed E-state index contributed by atoms with van der Waals surface area (Å²) in [5.41, 5.74) is 23.5. The Morgan fingerprint density at radius 2 is 0.541 bits per heavy atom. The van der Waals surface area contributed by atoms with Crippen LogP contribution in [0.2, 0.25) is 0 Å². The summed E-state index contributed by atoms with van der Waals surface area (Å²) >= 11 is 0. The molecule has 0 N–H and O–H groups in total. The smallest absolute Gasteiger partial charge is 0.0541 e. The quantitative estimate of drug-likeness (QED) is 0.102. The van der Waals surface area contributed by atoms with Crippen molar-refractivity contribution in [3.05, 3.63) is 284 Å². The van der Waals surface area contributed by atoms with Gasteiger partial charge >= 0.3 is 0 Å². The molecule has 406 valence electrons. The van der Waals surface area contributed by atoms with Crippen molar-refractivity contribution in [1.29, 1.82) is 0 Å². The molecule has 0 saturated carbocycles. The highest BCUT2D eigenvalue weighted by Gasteiger charge is 2.22. The van der Waals surface area contributed by atoms with Crippen LogP contribution in [0.1, 0.15) is 50.7 Å². The van der Waals surface area contributed by atoms with Crippen molar-refractivity contribution in [3.8, 4) is 61.6 Å². The molecule has 85 heavy (non-hydrogen) atoms. The number of unbranched alkanes of at least 4 members (excludes halogenated alkanes) is 2. The Kier molecular flexibility index (Phi) is 12.4. The van der Waals surface area contributed by atoms with E-state index in [-0.39, 0.29) is 0 Å². The summed E-state index contributed by atoms with van der Waals surface area (Å²) in [4.78, 5) is 0. The van der Waals surface area contributed by atoms with Gasteiger partial charge in [0.05, 0.1) is 33.1 Å². The lowest BCUT2D eigenvalue weighted by molar-refractivity contribution is 0.791. The van der Waals surface area contributed by atoms with Gasteiger partial charge in [-0.25, -0.2) is 0 Å². The van der Waals surface area contributed by atoms with E-state index in [1.54, 1.807) is 0 Å². The Balaban J connectivity index is 0.871. The molecule has 0 saturated heterocycles. The highest BCUT2D eigenvalue weighted by Crippen LogP contribution is 2.46. The summed E-state index contributed by atoms with van der Waals surface area (Å²) in [6, 6.07) is 102. The summed E-state index contributed by atoms with van der Waals surface area (Å²) in [6.07, 6.45) is 6.78. The Hall–Kier alpha value is -10.2. The van der Waals surface area contributed by atoms with Gasteiger partial charge in [-0.15, -0.1) is 0 Å². The number of aryl methyl sites for hydroxylation is 2. The lowest BCUT2D eigenvalue weighted by Crippen LogP contribution is -1.99. The number of hydrogen-bond acceptors (Lipinski definition) is 0. The first-order valence-electron chi connectivity index (χ1n) is 30.5. The van der Waals surface area contributed by atoms with Crippen molar-refractivity contribution >= 4 is 87.0 Å². The topological polar surface area (TPSA) is 14.8 Å². The molecule has 0 atom stereocenters. The molecule has 3 aromatic heterocycles. The molecule has 0 aliphatic carbocycles. The van der Waals surface area contributed by atoms with Crippen LogP contribution in [-0.4, -0.2) is 13.7 Å². The van der Waals surface area contributed by atoms with Crippen molar-refractivity contribution in [1.82, 2.24) is 13.7 Å². The van der Waals surface area contributed by atoms with Crippen LogP contribution in [0.5, 0.6) is 0 Å². The zero-order valence-electron chi connectivity index (χ0n) is 48.1. The van der Waals surface area contributed by atoms with Gasteiger partial charge in [0.2, 0.25) is 0 Å². The normalized spacial score (nSPS) is 11.9. The maximum atomic E-state index is 2.50. The average Bonchev–Trinajstić information content (AvgIpc) is 2.43. The van der Waals surface area contributed by atoms with Gasteiger partial charge in [0.15, 0.2) is 0 Å². The molecule has 13 aromatic carbocycles. The molecular formula is C82H63N3. The monoisotopic (exact) mass is 1090 g/mol. The average molecular weight is 1090 g/mol. The fourth-order valence-corrected chi connectivity index (χ4v) is 14.2. The predicted octanol–water partition coefficient (Wildman–Crippen LogP) is 22.6. The van der Waals surface area contributed by atoms with Crippen molar-refractivity contribution in [2.24, 2.45) is 0 Å². The van der Waals surface area contributed by atoms with Crippen LogP contribution < -0.4 is 0 Å². The molecule has 0 spiro atoms. The number of benzene rings is 13. The number of fused-ring (bicyclic) bond motifs is 11. The van der Waals surface area contributed by atoms with Crippen molar-refractivity contribution in [2.45, 2.75) is 52.4 Å². The number of aromatic nitrogens is 3. The van der Waals surface area contributed by atoms with E-state index in [9.17, 15) is 0 Å². The Morgan fingerprint density at radius 3 is 0.953 bits per heavy atom. The first-order chi connectivity index (χ1) is 42.1. The van der Waals surface area contributed by atoms with Crippen LogP contribution in [0, 0.1) is 0 Å². The van der Waals surface area contributed by atoms with E-state index < -0.39 is 0 Å². The van der Waals surface area contributed by atoms with Crippen molar-refractivity contribution in [3.63, 3.8) is 0 Å². The maximum absolute atomic E-state index is 2.50. The van der Waals surface area contributed by atoms with E-state index in [1.807, 2.05) is 0 Å². The highest BCUT2D eigenvalue weighted by molar-refractivity contribution is 6.22. The lowest BCUT2D eigenvalue weighted by atomic mass is 9.86.